The third-order valence-corrected chi connectivity index (χ3v) is 3.68. The van der Waals surface area contributed by atoms with Crippen molar-refractivity contribution in [3.63, 3.8) is 0 Å². The molecule has 1 rings (SSSR count). The highest BCUT2D eigenvalue weighted by Gasteiger charge is 2.13. The fourth-order valence-corrected chi connectivity index (χ4v) is 2.45. The molecule has 0 amide bonds. The number of hydrogen-bond donors (Lipinski definition) is 2. The maximum Gasteiger partial charge on any atom is 0.157 e. The van der Waals surface area contributed by atoms with Gasteiger partial charge in [0.15, 0.2) is 6.29 Å². The van der Waals surface area contributed by atoms with Crippen molar-refractivity contribution in [2.75, 3.05) is 26.4 Å². The van der Waals surface area contributed by atoms with E-state index in [1.807, 2.05) is 0 Å². The van der Waals surface area contributed by atoms with E-state index < -0.39 is 0 Å². The van der Waals surface area contributed by atoms with E-state index in [-0.39, 0.29) is 12.9 Å². The largest absolute Gasteiger partial charge is 0.395 e. The zero-order valence-corrected chi connectivity index (χ0v) is 12.4. The monoisotopic (exact) mass is 273 g/mol. The van der Waals surface area contributed by atoms with E-state index in [1.54, 1.807) is 0 Å². The average molecular weight is 273 g/mol. The van der Waals surface area contributed by atoms with Crippen LogP contribution < -0.4 is 5.32 Å². The van der Waals surface area contributed by atoms with Crippen molar-refractivity contribution >= 4 is 0 Å². The maximum atomic E-state index is 8.79. The number of rotatable bonds is 11. The van der Waals surface area contributed by atoms with Crippen molar-refractivity contribution in [2.45, 2.75) is 70.6 Å². The van der Waals surface area contributed by atoms with Gasteiger partial charge < -0.3 is 19.9 Å². The smallest absolute Gasteiger partial charge is 0.157 e. The summed E-state index contributed by atoms with van der Waals surface area (Å²) in [6.07, 6.45) is 9.42. The minimum atomic E-state index is 0.0587. The molecule has 4 nitrogen and oxygen atoms in total. The first-order valence-electron chi connectivity index (χ1n) is 7.94. The van der Waals surface area contributed by atoms with Gasteiger partial charge in [-0.1, -0.05) is 19.8 Å². The van der Waals surface area contributed by atoms with Crippen molar-refractivity contribution in [2.24, 2.45) is 0 Å². The Hall–Kier alpha value is -0.160. The van der Waals surface area contributed by atoms with Gasteiger partial charge in [0.05, 0.1) is 6.61 Å². The zero-order valence-electron chi connectivity index (χ0n) is 12.4. The Morgan fingerprint density at radius 2 is 2.21 bits per heavy atom. The number of unbranched alkanes of at least 4 members (excludes halogenated alkanes) is 2. The molecule has 0 saturated carbocycles. The second-order valence-electron chi connectivity index (χ2n) is 5.30. The Balaban J connectivity index is 1.89. The molecule has 1 aliphatic rings. The zero-order chi connectivity index (χ0) is 13.8. The molecule has 19 heavy (non-hydrogen) atoms. The summed E-state index contributed by atoms with van der Waals surface area (Å²) in [4.78, 5) is 0. The standard InChI is InChI=1S/C15H31NO3/c1-2-14(16-10-11-17)8-4-3-6-12-18-15-9-5-7-13-19-15/h14-17H,2-13H2,1H3. The number of nitrogens with one attached hydrogen (secondary N) is 1. The summed E-state index contributed by atoms with van der Waals surface area (Å²) in [7, 11) is 0. The predicted molar refractivity (Wildman–Crippen MR) is 77.2 cm³/mol. The fourth-order valence-electron chi connectivity index (χ4n) is 2.45. The van der Waals surface area contributed by atoms with Gasteiger partial charge in [-0.3, -0.25) is 0 Å². The van der Waals surface area contributed by atoms with E-state index in [2.05, 4.69) is 12.2 Å². The van der Waals surface area contributed by atoms with Crippen LogP contribution in [0.5, 0.6) is 0 Å². The SMILES string of the molecule is CCC(CCCCCOC1CCCCO1)NCCO. The molecule has 1 fully saturated rings. The molecule has 0 radical (unpaired) electrons. The lowest BCUT2D eigenvalue weighted by molar-refractivity contribution is -0.162. The van der Waals surface area contributed by atoms with Crippen molar-refractivity contribution in [1.82, 2.24) is 5.32 Å². The highest BCUT2D eigenvalue weighted by molar-refractivity contribution is 4.64. The van der Waals surface area contributed by atoms with Crippen LogP contribution in [0.25, 0.3) is 0 Å². The summed E-state index contributed by atoms with van der Waals surface area (Å²) in [6, 6.07) is 0.551. The van der Waals surface area contributed by atoms with Crippen LogP contribution >= 0.6 is 0 Å². The number of ether oxygens (including phenoxy) is 2. The predicted octanol–water partition coefficient (Wildman–Crippen LogP) is 2.45. The topological polar surface area (TPSA) is 50.7 Å². The third kappa shape index (κ3) is 8.58. The van der Waals surface area contributed by atoms with Gasteiger partial charge in [0.25, 0.3) is 0 Å². The first-order valence-corrected chi connectivity index (χ1v) is 7.94. The molecule has 1 saturated heterocycles. The summed E-state index contributed by atoms with van der Waals surface area (Å²) in [5, 5.41) is 12.1. The van der Waals surface area contributed by atoms with Gasteiger partial charge in [-0.05, 0) is 38.5 Å². The van der Waals surface area contributed by atoms with Crippen LogP contribution in [0.2, 0.25) is 0 Å². The molecule has 0 bridgehead atoms. The normalized spacial score (nSPS) is 21.5. The second-order valence-corrected chi connectivity index (χ2v) is 5.30. The van der Waals surface area contributed by atoms with Gasteiger partial charge in [0.2, 0.25) is 0 Å². The molecule has 2 N–H and O–H groups in total. The van der Waals surface area contributed by atoms with Crippen LogP contribution in [-0.4, -0.2) is 43.8 Å². The van der Waals surface area contributed by atoms with Crippen LogP contribution in [-0.2, 0) is 9.47 Å². The van der Waals surface area contributed by atoms with E-state index in [9.17, 15) is 0 Å². The molecular formula is C15H31NO3. The Labute approximate surface area is 117 Å². The van der Waals surface area contributed by atoms with Crippen LogP contribution in [0.3, 0.4) is 0 Å². The van der Waals surface area contributed by atoms with Crippen LogP contribution in [0.1, 0.15) is 58.3 Å². The fraction of sp³-hybridized carbons (Fsp3) is 1.00. The molecular weight excluding hydrogens is 242 g/mol. The van der Waals surface area contributed by atoms with E-state index in [1.165, 1.54) is 32.1 Å². The summed E-state index contributed by atoms with van der Waals surface area (Å²) >= 11 is 0. The molecule has 0 spiro atoms. The lowest BCUT2D eigenvalue weighted by Crippen LogP contribution is -2.30. The molecule has 0 aromatic heterocycles. The highest BCUT2D eigenvalue weighted by Crippen LogP contribution is 2.14. The van der Waals surface area contributed by atoms with Gasteiger partial charge >= 0.3 is 0 Å². The number of aliphatic hydroxyl groups excluding tert-OH is 1. The first-order chi connectivity index (χ1) is 9.36. The molecule has 114 valence electrons. The lowest BCUT2D eigenvalue weighted by Gasteiger charge is -2.22. The summed E-state index contributed by atoms with van der Waals surface area (Å²) in [6.45, 7) is 4.82. The van der Waals surface area contributed by atoms with Crippen molar-refractivity contribution < 1.29 is 14.6 Å². The molecule has 1 aliphatic heterocycles. The molecule has 4 heteroatoms. The van der Waals surface area contributed by atoms with Gasteiger partial charge in [0, 0.05) is 25.8 Å². The van der Waals surface area contributed by atoms with Crippen LogP contribution in [0.15, 0.2) is 0 Å². The molecule has 0 aromatic rings. The summed E-state index contributed by atoms with van der Waals surface area (Å²) < 4.78 is 11.2. The maximum absolute atomic E-state index is 8.79. The van der Waals surface area contributed by atoms with Gasteiger partial charge in [-0.2, -0.15) is 0 Å². The Morgan fingerprint density at radius 1 is 1.32 bits per heavy atom. The second kappa shape index (κ2) is 11.6. The average Bonchev–Trinajstić information content (AvgIpc) is 2.47. The quantitative estimate of drug-likeness (QED) is 0.568. The van der Waals surface area contributed by atoms with Crippen LogP contribution in [0.4, 0.5) is 0 Å². The van der Waals surface area contributed by atoms with E-state index >= 15 is 0 Å². The van der Waals surface area contributed by atoms with Gasteiger partial charge in [0.1, 0.15) is 0 Å². The first kappa shape index (κ1) is 16.9. The minimum absolute atomic E-state index is 0.0587. The Bertz CT molecular complexity index is 196. The third-order valence-electron chi connectivity index (χ3n) is 3.68. The summed E-state index contributed by atoms with van der Waals surface area (Å²) in [5.41, 5.74) is 0. The van der Waals surface area contributed by atoms with Gasteiger partial charge in [-0.15, -0.1) is 0 Å². The molecule has 1 heterocycles. The molecule has 2 atom stereocenters. The van der Waals surface area contributed by atoms with Crippen molar-refractivity contribution in [3.05, 3.63) is 0 Å². The lowest BCUT2D eigenvalue weighted by atomic mass is 10.1. The van der Waals surface area contributed by atoms with Crippen LogP contribution in [0, 0.1) is 0 Å². The minimum Gasteiger partial charge on any atom is -0.395 e. The Morgan fingerprint density at radius 3 is 2.89 bits per heavy atom. The number of hydrogen-bond acceptors (Lipinski definition) is 4. The molecule has 0 aliphatic carbocycles. The van der Waals surface area contributed by atoms with Crippen molar-refractivity contribution in [3.8, 4) is 0 Å². The Kier molecular flexibility index (Phi) is 10.4. The van der Waals surface area contributed by atoms with E-state index in [0.717, 1.165) is 32.5 Å². The molecule has 2 unspecified atom stereocenters. The van der Waals surface area contributed by atoms with E-state index in [4.69, 9.17) is 14.6 Å². The summed E-state index contributed by atoms with van der Waals surface area (Å²) in [5.74, 6) is 0. The van der Waals surface area contributed by atoms with Gasteiger partial charge in [-0.25, -0.2) is 0 Å². The van der Waals surface area contributed by atoms with E-state index in [0.29, 0.717) is 12.6 Å². The van der Waals surface area contributed by atoms with Crippen molar-refractivity contribution in [1.29, 1.82) is 0 Å². The number of aliphatic hydroxyl groups is 1. The molecule has 0 aromatic carbocycles. The highest BCUT2D eigenvalue weighted by atomic mass is 16.7.